The Bertz CT molecular complexity index is 281. The summed E-state index contributed by atoms with van der Waals surface area (Å²) in [5.41, 5.74) is 0. The predicted octanol–water partition coefficient (Wildman–Crippen LogP) is 1.14. The lowest BCUT2D eigenvalue weighted by Crippen LogP contribution is -2.17. The van der Waals surface area contributed by atoms with Crippen molar-refractivity contribution in [3.63, 3.8) is 0 Å². The molecule has 0 saturated carbocycles. The fourth-order valence-electron chi connectivity index (χ4n) is 0.990. The molecule has 72 valence electrons. The van der Waals surface area contributed by atoms with E-state index in [2.05, 4.69) is 22.1 Å². The Labute approximate surface area is 82.6 Å². The molecule has 0 aliphatic rings. The molecule has 0 aromatic carbocycles. The van der Waals surface area contributed by atoms with Crippen LogP contribution in [0.5, 0.6) is 0 Å². The van der Waals surface area contributed by atoms with Gasteiger partial charge >= 0.3 is 0 Å². The van der Waals surface area contributed by atoms with Crippen LogP contribution in [0, 0.1) is 0 Å². The Kier molecular flexibility index (Phi) is 3.92. The van der Waals surface area contributed by atoms with Gasteiger partial charge < -0.3 is 9.88 Å². The molecule has 0 aliphatic heterocycles. The minimum atomic E-state index is 0.595. The van der Waals surface area contributed by atoms with Gasteiger partial charge in [-0.05, 0) is 6.92 Å². The van der Waals surface area contributed by atoms with Crippen LogP contribution >= 0.6 is 11.6 Å². The van der Waals surface area contributed by atoms with Crippen LogP contribution < -0.4 is 5.32 Å². The van der Waals surface area contributed by atoms with E-state index < -0.39 is 0 Å². The summed E-state index contributed by atoms with van der Waals surface area (Å²) in [7, 11) is 0. The molecule has 0 bridgehead atoms. The largest absolute Gasteiger partial charge is 0.317 e. The summed E-state index contributed by atoms with van der Waals surface area (Å²) in [6.07, 6.45) is 1.71. The molecule has 1 N–H and O–H groups in total. The first-order valence-corrected chi connectivity index (χ1v) is 4.52. The number of nitrogens with one attached hydrogen (secondary N) is 1. The summed E-state index contributed by atoms with van der Waals surface area (Å²) in [5, 5.41) is 11.5. The molecule has 0 spiro atoms. The molecular formula is C8H13ClN4. The van der Waals surface area contributed by atoms with E-state index in [0.29, 0.717) is 18.1 Å². The molecule has 0 aliphatic carbocycles. The summed E-state index contributed by atoms with van der Waals surface area (Å²) >= 11 is 5.59. The minimum absolute atomic E-state index is 0.595. The molecule has 0 unspecified atom stereocenters. The zero-order chi connectivity index (χ0) is 9.68. The van der Waals surface area contributed by atoms with Crippen molar-refractivity contribution in [1.82, 2.24) is 20.1 Å². The average Bonchev–Trinajstić information content (AvgIpc) is 2.51. The van der Waals surface area contributed by atoms with E-state index in [1.165, 1.54) is 0 Å². The fraction of sp³-hybridized carbons (Fsp3) is 0.500. The third-order valence-corrected chi connectivity index (χ3v) is 1.77. The van der Waals surface area contributed by atoms with Crippen LogP contribution in [-0.4, -0.2) is 21.3 Å². The van der Waals surface area contributed by atoms with E-state index in [1.54, 1.807) is 6.33 Å². The fourth-order valence-corrected chi connectivity index (χ4v) is 1.08. The molecule has 1 rings (SSSR count). The molecule has 1 heterocycles. The summed E-state index contributed by atoms with van der Waals surface area (Å²) < 4.78 is 1.98. The van der Waals surface area contributed by atoms with Crippen LogP contribution in [0.15, 0.2) is 17.9 Å². The number of aromatic nitrogens is 3. The van der Waals surface area contributed by atoms with Crippen LogP contribution in [0.3, 0.4) is 0 Å². The van der Waals surface area contributed by atoms with Gasteiger partial charge in [-0.15, -0.1) is 10.2 Å². The second kappa shape index (κ2) is 4.99. The maximum atomic E-state index is 5.59. The van der Waals surface area contributed by atoms with Gasteiger partial charge in [0.25, 0.3) is 0 Å². The highest BCUT2D eigenvalue weighted by Crippen LogP contribution is 1.96. The molecule has 1 aromatic rings. The molecular weight excluding hydrogens is 188 g/mol. The van der Waals surface area contributed by atoms with Gasteiger partial charge in [-0.25, -0.2) is 0 Å². The first kappa shape index (κ1) is 10.2. The number of hydrogen-bond donors (Lipinski definition) is 1. The van der Waals surface area contributed by atoms with Crippen molar-refractivity contribution in [2.45, 2.75) is 20.0 Å². The van der Waals surface area contributed by atoms with Gasteiger partial charge in [0, 0.05) is 18.1 Å². The predicted molar refractivity (Wildman–Crippen MR) is 52.4 cm³/mol. The van der Waals surface area contributed by atoms with E-state index in [4.69, 9.17) is 11.6 Å². The van der Waals surface area contributed by atoms with Crippen molar-refractivity contribution >= 4 is 11.6 Å². The van der Waals surface area contributed by atoms with Crippen LogP contribution in [0.2, 0.25) is 0 Å². The third-order valence-electron chi connectivity index (χ3n) is 1.64. The zero-order valence-electron chi connectivity index (χ0n) is 7.63. The first-order valence-electron chi connectivity index (χ1n) is 4.14. The minimum Gasteiger partial charge on any atom is -0.317 e. The van der Waals surface area contributed by atoms with Crippen LogP contribution in [-0.2, 0) is 13.1 Å². The molecule has 1 aromatic heterocycles. The van der Waals surface area contributed by atoms with E-state index >= 15 is 0 Å². The van der Waals surface area contributed by atoms with E-state index in [0.717, 1.165) is 12.4 Å². The molecule has 5 heteroatoms. The van der Waals surface area contributed by atoms with Gasteiger partial charge in [0.05, 0.1) is 6.54 Å². The Morgan fingerprint density at radius 3 is 3.15 bits per heavy atom. The van der Waals surface area contributed by atoms with Crippen LogP contribution in [0.4, 0.5) is 0 Å². The van der Waals surface area contributed by atoms with Gasteiger partial charge in [0.1, 0.15) is 12.2 Å². The Morgan fingerprint density at radius 1 is 1.77 bits per heavy atom. The van der Waals surface area contributed by atoms with Crippen molar-refractivity contribution in [1.29, 1.82) is 0 Å². The highest BCUT2D eigenvalue weighted by Gasteiger charge is 2.00. The molecule has 0 saturated heterocycles. The first-order chi connectivity index (χ1) is 6.24. The van der Waals surface area contributed by atoms with Gasteiger partial charge in [0.15, 0.2) is 0 Å². The van der Waals surface area contributed by atoms with Crippen molar-refractivity contribution < 1.29 is 0 Å². The summed E-state index contributed by atoms with van der Waals surface area (Å²) in [6.45, 7) is 7.77. The Morgan fingerprint density at radius 2 is 2.54 bits per heavy atom. The Hall–Kier alpha value is -0.870. The van der Waals surface area contributed by atoms with Gasteiger partial charge in [-0.2, -0.15) is 0 Å². The van der Waals surface area contributed by atoms with E-state index in [-0.39, 0.29) is 0 Å². The Balaban J connectivity index is 2.40. The van der Waals surface area contributed by atoms with Gasteiger partial charge in [0.2, 0.25) is 0 Å². The van der Waals surface area contributed by atoms with E-state index in [9.17, 15) is 0 Å². The quantitative estimate of drug-likeness (QED) is 0.775. The number of halogens is 1. The maximum absolute atomic E-state index is 5.59. The maximum Gasteiger partial charge on any atom is 0.146 e. The highest BCUT2D eigenvalue weighted by molar-refractivity contribution is 6.29. The average molecular weight is 201 g/mol. The molecule has 0 radical (unpaired) electrons. The summed E-state index contributed by atoms with van der Waals surface area (Å²) in [6, 6.07) is 0. The van der Waals surface area contributed by atoms with Crippen molar-refractivity contribution in [3.05, 3.63) is 23.8 Å². The zero-order valence-corrected chi connectivity index (χ0v) is 8.38. The van der Waals surface area contributed by atoms with Crippen LogP contribution in [0.1, 0.15) is 12.7 Å². The monoisotopic (exact) mass is 200 g/mol. The molecule has 0 amide bonds. The lowest BCUT2D eigenvalue weighted by atomic mass is 10.5. The van der Waals surface area contributed by atoms with Crippen molar-refractivity contribution in [3.8, 4) is 0 Å². The summed E-state index contributed by atoms with van der Waals surface area (Å²) in [4.78, 5) is 0. The van der Waals surface area contributed by atoms with Gasteiger partial charge in [-0.3, -0.25) is 0 Å². The topological polar surface area (TPSA) is 42.7 Å². The smallest absolute Gasteiger partial charge is 0.146 e. The number of rotatable bonds is 5. The lowest BCUT2D eigenvalue weighted by Gasteiger charge is -2.03. The lowest BCUT2D eigenvalue weighted by molar-refractivity contribution is 0.638. The standard InChI is InChI=1S/C8H13ClN4/c1-3-13-6-11-12-8(13)5-10-4-7(2)9/h6,10H,2-5H2,1H3. The number of hydrogen-bond acceptors (Lipinski definition) is 3. The SMILES string of the molecule is C=C(Cl)CNCc1nncn1CC. The highest BCUT2D eigenvalue weighted by atomic mass is 35.5. The normalized spacial score (nSPS) is 10.3. The molecule has 4 nitrogen and oxygen atoms in total. The van der Waals surface area contributed by atoms with Gasteiger partial charge in [-0.1, -0.05) is 18.2 Å². The van der Waals surface area contributed by atoms with Crippen LogP contribution in [0.25, 0.3) is 0 Å². The number of nitrogens with zero attached hydrogens (tertiary/aromatic N) is 3. The third kappa shape index (κ3) is 3.16. The molecule has 13 heavy (non-hydrogen) atoms. The number of aryl methyl sites for hydroxylation is 1. The van der Waals surface area contributed by atoms with Crippen molar-refractivity contribution in [2.75, 3.05) is 6.54 Å². The van der Waals surface area contributed by atoms with Crippen molar-refractivity contribution in [2.24, 2.45) is 0 Å². The molecule has 0 fully saturated rings. The van der Waals surface area contributed by atoms with E-state index in [1.807, 2.05) is 11.5 Å². The summed E-state index contributed by atoms with van der Waals surface area (Å²) in [5.74, 6) is 0.917. The second-order valence-corrected chi connectivity index (χ2v) is 3.19. The second-order valence-electron chi connectivity index (χ2n) is 2.65. The molecule has 0 atom stereocenters.